The number of hydrogen-bond acceptors (Lipinski definition) is 3. The Morgan fingerprint density at radius 2 is 2.24 bits per heavy atom. The molecule has 5 heteroatoms. The molecule has 0 aliphatic heterocycles. The Balaban J connectivity index is 2.18. The van der Waals surface area contributed by atoms with E-state index < -0.39 is 6.10 Å². The monoisotopic (exact) mass is 295 g/mol. The second kappa shape index (κ2) is 5.42. The zero-order chi connectivity index (χ0) is 12.3. The van der Waals surface area contributed by atoms with E-state index in [2.05, 4.69) is 32.9 Å². The first-order chi connectivity index (χ1) is 8.20. The highest BCUT2D eigenvalue weighted by molar-refractivity contribution is 9.10. The topological polar surface area (TPSA) is 50.9 Å². The van der Waals surface area contributed by atoms with Gasteiger partial charge in [-0.1, -0.05) is 6.92 Å². The highest BCUT2D eigenvalue weighted by Gasteiger charge is 2.13. The minimum atomic E-state index is -0.714. The molecule has 1 unspecified atom stereocenters. The van der Waals surface area contributed by atoms with Crippen LogP contribution in [0, 0.1) is 0 Å². The zero-order valence-corrected chi connectivity index (χ0v) is 11.1. The largest absolute Gasteiger partial charge is 0.382 e. The molecule has 2 aromatic heterocycles. The Bertz CT molecular complexity index is 481. The average molecular weight is 296 g/mol. The molecule has 90 valence electrons. The van der Waals surface area contributed by atoms with Crippen LogP contribution in [0.3, 0.4) is 0 Å². The molecular weight excluding hydrogens is 282 g/mol. The van der Waals surface area contributed by atoms with Crippen LogP contribution >= 0.6 is 15.9 Å². The molecule has 2 rings (SSSR count). The van der Waals surface area contributed by atoms with Crippen molar-refractivity contribution < 1.29 is 5.11 Å². The van der Waals surface area contributed by atoms with Gasteiger partial charge >= 0.3 is 0 Å². The second-order valence-corrected chi connectivity index (χ2v) is 4.76. The van der Waals surface area contributed by atoms with Gasteiger partial charge in [-0.2, -0.15) is 5.10 Å². The van der Waals surface area contributed by atoms with Crippen LogP contribution in [0.4, 0.5) is 0 Å². The summed E-state index contributed by atoms with van der Waals surface area (Å²) in [6.45, 7) is 2.95. The van der Waals surface area contributed by atoms with Crippen molar-refractivity contribution in [2.75, 3.05) is 0 Å². The quantitative estimate of drug-likeness (QED) is 0.943. The standard InChI is InChI=1S/C12H14BrN3O/c1-2-5-16-8-9(6-15-16)12(17)11-4-3-10(13)7-14-11/h3-4,6-8,12,17H,2,5H2,1H3. The maximum atomic E-state index is 10.1. The fourth-order valence-electron chi connectivity index (χ4n) is 1.59. The van der Waals surface area contributed by atoms with Gasteiger partial charge in [-0.05, 0) is 34.5 Å². The highest BCUT2D eigenvalue weighted by Crippen LogP contribution is 2.20. The van der Waals surface area contributed by atoms with Gasteiger partial charge in [-0.25, -0.2) is 0 Å². The van der Waals surface area contributed by atoms with Crippen LogP contribution in [0.1, 0.15) is 30.7 Å². The average Bonchev–Trinajstić information content (AvgIpc) is 2.78. The van der Waals surface area contributed by atoms with E-state index in [9.17, 15) is 5.11 Å². The number of hydrogen-bond donors (Lipinski definition) is 1. The first-order valence-electron chi connectivity index (χ1n) is 5.52. The summed E-state index contributed by atoms with van der Waals surface area (Å²) in [5, 5.41) is 14.3. The van der Waals surface area contributed by atoms with Gasteiger partial charge in [0.15, 0.2) is 0 Å². The molecule has 1 atom stereocenters. The summed E-state index contributed by atoms with van der Waals surface area (Å²) in [6.07, 6.45) is 5.53. The lowest BCUT2D eigenvalue weighted by Crippen LogP contribution is -2.01. The summed E-state index contributed by atoms with van der Waals surface area (Å²) in [4.78, 5) is 4.18. The lowest BCUT2D eigenvalue weighted by molar-refractivity contribution is 0.215. The summed E-state index contributed by atoms with van der Waals surface area (Å²) in [5.41, 5.74) is 1.40. The van der Waals surface area contributed by atoms with Crippen molar-refractivity contribution in [1.29, 1.82) is 0 Å². The molecular formula is C12H14BrN3O. The van der Waals surface area contributed by atoms with E-state index in [1.54, 1.807) is 18.5 Å². The van der Waals surface area contributed by atoms with E-state index in [-0.39, 0.29) is 0 Å². The number of aliphatic hydroxyl groups excluding tert-OH is 1. The number of aryl methyl sites for hydroxylation is 1. The molecule has 0 saturated heterocycles. The molecule has 0 spiro atoms. The molecule has 0 aliphatic carbocycles. The molecule has 0 bridgehead atoms. The lowest BCUT2D eigenvalue weighted by Gasteiger charge is -2.07. The number of nitrogens with zero attached hydrogens (tertiary/aromatic N) is 3. The van der Waals surface area contributed by atoms with Gasteiger partial charge < -0.3 is 5.11 Å². The van der Waals surface area contributed by atoms with Gasteiger partial charge in [0.25, 0.3) is 0 Å². The molecule has 2 heterocycles. The van der Waals surface area contributed by atoms with Crippen molar-refractivity contribution in [3.63, 3.8) is 0 Å². The van der Waals surface area contributed by atoms with E-state index >= 15 is 0 Å². The Hall–Kier alpha value is -1.20. The Morgan fingerprint density at radius 1 is 1.41 bits per heavy atom. The van der Waals surface area contributed by atoms with Crippen LogP contribution in [-0.2, 0) is 6.54 Å². The fourth-order valence-corrected chi connectivity index (χ4v) is 1.83. The third-order valence-corrected chi connectivity index (χ3v) is 2.92. The summed E-state index contributed by atoms with van der Waals surface area (Å²) >= 11 is 3.31. The van der Waals surface area contributed by atoms with Crippen molar-refractivity contribution in [2.45, 2.75) is 26.0 Å². The normalized spacial score (nSPS) is 12.6. The van der Waals surface area contributed by atoms with E-state index in [0.29, 0.717) is 5.69 Å². The molecule has 0 amide bonds. The van der Waals surface area contributed by atoms with Crippen LogP contribution in [0.25, 0.3) is 0 Å². The number of rotatable bonds is 4. The fraction of sp³-hybridized carbons (Fsp3) is 0.333. The molecule has 4 nitrogen and oxygen atoms in total. The summed E-state index contributed by atoms with van der Waals surface area (Å²) in [5.74, 6) is 0. The molecule has 0 radical (unpaired) electrons. The molecule has 0 fully saturated rings. The summed E-state index contributed by atoms with van der Waals surface area (Å²) < 4.78 is 2.73. The third kappa shape index (κ3) is 2.92. The SMILES string of the molecule is CCCn1cc(C(O)c2ccc(Br)cn2)cn1. The van der Waals surface area contributed by atoms with E-state index in [1.807, 2.05) is 16.9 Å². The van der Waals surface area contributed by atoms with E-state index in [0.717, 1.165) is 23.0 Å². The number of halogens is 1. The van der Waals surface area contributed by atoms with Crippen LogP contribution in [0.5, 0.6) is 0 Å². The van der Waals surface area contributed by atoms with Gasteiger partial charge in [0.05, 0.1) is 11.9 Å². The maximum absolute atomic E-state index is 10.1. The van der Waals surface area contributed by atoms with Crippen LogP contribution in [0.15, 0.2) is 35.2 Å². The Kier molecular flexibility index (Phi) is 3.91. The van der Waals surface area contributed by atoms with Crippen LogP contribution < -0.4 is 0 Å². The van der Waals surface area contributed by atoms with Crippen LogP contribution in [-0.4, -0.2) is 19.9 Å². The van der Waals surface area contributed by atoms with Gasteiger partial charge in [-0.3, -0.25) is 9.67 Å². The van der Waals surface area contributed by atoms with E-state index in [1.165, 1.54) is 0 Å². The predicted molar refractivity (Wildman–Crippen MR) is 68.5 cm³/mol. The first kappa shape index (κ1) is 12.3. The molecule has 0 aliphatic rings. The number of aromatic nitrogens is 3. The summed E-state index contributed by atoms with van der Waals surface area (Å²) in [7, 11) is 0. The molecule has 1 N–H and O–H groups in total. The van der Waals surface area contributed by atoms with E-state index in [4.69, 9.17) is 0 Å². The Labute approximate surface area is 108 Å². The third-order valence-electron chi connectivity index (χ3n) is 2.45. The molecule has 0 aromatic carbocycles. The Morgan fingerprint density at radius 3 is 2.88 bits per heavy atom. The smallest absolute Gasteiger partial charge is 0.124 e. The first-order valence-corrected chi connectivity index (χ1v) is 6.32. The maximum Gasteiger partial charge on any atom is 0.124 e. The number of aliphatic hydroxyl groups is 1. The van der Waals surface area contributed by atoms with Crippen molar-refractivity contribution in [2.24, 2.45) is 0 Å². The van der Waals surface area contributed by atoms with Gasteiger partial charge in [0.2, 0.25) is 0 Å². The highest BCUT2D eigenvalue weighted by atomic mass is 79.9. The van der Waals surface area contributed by atoms with Crippen LogP contribution in [0.2, 0.25) is 0 Å². The predicted octanol–water partition coefficient (Wildman–Crippen LogP) is 2.53. The van der Waals surface area contributed by atoms with Crippen molar-refractivity contribution in [3.8, 4) is 0 Å². The lowest BCUT2D eigenvalue weighted by atomic mass is 10.1. The van der Waals surface area contributed by atoms with Gasteiger partial charge in [-0.15, -0.1) is 0 Å². The van der Waals surface area contributed by atoms with Crippen molar-refractivity contribution in [3.05, 3.63) is 46.5 Å². The van der Waals surface area contributed by atoms with Gasteiger partial charge in [0.1, 0.15) is 6.10 Å². The van der Waals surface area contributed by atoms with Gasteiger partial charge in [0, 0.05) is 29.0 Å². The van der Waals surface area contributed by atoms with Crippen molar-refractivity contribution >= 4 is 15.9 Å². The zero-order valence-electron chi connectivity index (χ0n) is 9.55. The van der Waals surface area contributed by atoms with Crippen molar-refractivity contribution in [1.82, 2.24) is 14.8 Å². The molecule has 2 aromatic rings. The minimum absolute atomic E-state index is 0.629. The minimum Gasteiger partial charge on any atom is -0.382 e. The molecule has 0 saturated carbocycles. The number of pyridine rings is 1. The second-order valence-electron chi connectivity index (χ2n) is 3.84. The summed E-state index contributed by atoms with van der Waals surface area (Å²) in [6, 6.07) is 3.66. The molecule has 17 heavy (non-hydrogen) atoms.